The van der Waals surface area contributed by atoms with Crippen molar-refractivity contribution >= 4 is 50.7 Å². The molecule has 192 valence electrons. The number of carbonyl (C=O) groups is 2. The van der Waals surface area contributed by atoms with E-state index in [0.29, 0.717) is 5.02 Å². The number of amides is 2. The Hall–Kier alpha value is -2.29. The Kier molecular flexibility index (Phi) is 10.0. The van der Waals surface area contributed by atoms with Crippen LogP contribution in [0.25, 0.3) is 0 Å². The van der Waals surface area contributed by atoms with E-state index < -0.39 is 21.6 Å². The molecule has 0 aliphatic carbocycles. The van der Waals surface area contributed by atoms with Crippen molar-refractivity contribution in [2.24, 2.45) is 0 Å². The van der Waals surface area contributed by atoms with E-state index >= 15 is 0 Å². The lowest BCUT2D eigenvalue weighted by atomic mass is 10.1. The van der Waals surface area contributed by atoms with Crippen LogP contribution in [-0.2, 0) is 26.2 Å². The van der Waals surface area contributed by atoms with Crippen LogP contribution in [0.15, 0.2) is 48.5 Å². The Morgan fingerprint density at radius 1 is 1.06 bits per heavy atom. The minimum Gasteiger partial charge on any atom is -0.350 e. The summed E-state index contributed by atoms with van der Waals surface area (Å²) in [6, 6.07) is 13.3. The highest BCUT2D eigenvalue weighted by Crippen LogP contribution is 2.31. The maximum atomic E-state index is 13.3. The molecule has 0 heterocycles. The van der Waals surface area contributed by atoms with Crippen LogP contribution in [-0.4, -0.2) is 49.5 Å². The van der Waals surface area contributed by atoms with Gasteiger partial charge in [0.05, 0.1) is 17.0 Å². The molecular formula is C25H33Cl2N3O4S. The van der Waals surface area contributed by atoms with Gasteiger partial charge in [0, 0.05) is 30.1 Å². The van der Waals surface area contributed by atoms with E-state index in [9.17, 15) is 18.0 Å². The van der Waals surface area contributed by atoms with E-state index in [0.717, 1.165) is 16.1 Å². The fraction of sp³-hybridized carbons (Fsp3) is 0.440. The molecular weight excluding hydrogens is 509 g/mol. The Bertz CT molecular complexity index is 1140. The summed E-state index contributed by atoms with van der Waals surface area (Å²) < 4.78 is 26.0. The lowest BCUT2D eigenvalue weighted by Crippen LogP contribution is -2.52. The normalized spacial score (nSPS) is 12.7. The minimum atomic E-state index is -3.67. The van der Waals surface area contributed by atoms with Crippen LogP contribution in [0.5, 0.6) is 0 Å². The Morgan fingerprint density at radius 2 is 1.69 bits per heavy atom. The van der Waals surface area contributed by atoms with Crippen molar-refractivity contribution in [2.75, 3.05) is 17.1 Å². The maximum Gasteiger partial charge on any atom is 0.242 e. The van der Waals surface area contributed by atoms with Crippen molar-refractivity contribution < 1.29 is 18.0 Å². The molecule has 2 aromatic rings. The van der Waals surface area contributed by atoms with Gasteiger partial charge in [-0.2, -0.15) is 0 Å². The smallest absolute Gasteiger partial charge is 0.242 e. The molecule has 1 N–H and O–H groups in total. The van der Waals surface area contributed by atoms with E-state index in [1.54, 1.807) is 13.0 Å². The minimum absolute atomic E-state index is 0.0341. The van der Waals surface area contributed by atoms with Crippen LogP contribution < -0.4 is 9.62 Å². The van der Waals surface area contributed by atoms with Gasteiger partial charge in [-0.3, -0.25) is 13.9 Å². The third kappa shape index (κ3) is 9.02. The molecule has 10 heteroatoms. The summed E-state index contributed by atoms with van der Waals surface area (Å²) in [5.74, 6) is -0.513. The molecule has 2 rings (SSSR count). The average molecular weight is 543 g/mol. The van der Waals surface area contributed by atoms with Crippen molar-refractivity contribution in [3.63, 3.8) is 0 Å². The molecule has 1 atom stereocenters. The van der Waals surface area contributed by atoms with Gasteiger partial charge in [-0.05, 0) is 57.9 Å². The zero-order valence-corrected chi connectivity index (χ0v) is 23.0. The van der Waals surface area contributed by atoms with E-state index in [-0.39, 0.29) is 48.5 Å². The van der Waals surface area contributed by atoms with Crippen molar-refractivity contribution in [1.29, 1.82) is 0 Å². The van der Waals surface area contributed by atoms with Gasteiger partial charge >= 0.3 is 0 Å². The molecule has 7 nitrogen and oxygen atoms in total. The van der Waals surface area contributed by atoms with Crippen LogP contribution in [0.3, 0.4) is 0 Å². The predicted molar refractivity (Wildman–Crippen MR) is 142 cm³/mol. The van der Waals surface area contributed by atoms with Crippen molar-refractivity contribution in [3.05, 3.63) is 64.1 Å². The Morgan fingerprint density at radius 3 is 2.26 bits per heavy atom. The van der Waals surface area contributed by atoms with Crippen LogP contribution >= 0.6 is 23.2 Å². The molecule has 35 heavy (non-hydrogen) atoms. The SMILES string of the molecule is CC(C(=O)NC(C)(C)C)N(Cc1ccccc1)C(=O)CCCN(c1cc(Cl)ccc1Cl)S(C)(=O)=O. The molecule has 0 aliphatic rings. The molecule has 2 aromatic carbocycles. The average Bonchev–Trinajstić information content (AvgIpc) is 2.75. The molecule has 0 bridgehead atoms. The zero-order valence-electron chi connectivity index (χ0n) is 20.7. The maximum absolute atomic E-state index is 13.3. The fourth-order valence-electron chi connectivity index (χ4n) is 3.50. The molecule has 0 saturated heterocycles. The molecule has 0 saturated carbocycles. The van der Waals surface area contributed by atoms with E-state index in [1.807, 2.05) is 51.1 Å². The van der Waals surface area contributed by atoms with Crippen molar-refractivity contribution in [1.82, 2.24) is 10.2 Å². The lowest BCUT2D eigenvalue weighted by molar-refractivity contribution is -0.141. The third-order valence-electron chi connectivity index (χ3n) is 5.19. The topological polar surface area (TPSA) is 86.8 Å². The van der Waals surface area contributed by atoms with Gasteiger partial charge < -0.3 is 10.2 Å². The van der Waals surface area contributed by atoms with Crippen LogP contribution in [0.2, 0.25) is 10.0 Å². The largest absolute Gasteiger partial charge is 0.350 e. The number of anilines is 1. The molecule has 0 aliphatic heterocycles. The first-order valence-corrected chi connectivity index (χ1v) is 13.9. The van der Waals surface area contributed by atoms with Crippen LogP contribution in [0.1, 0.15) is 46.1 Å². The highest BCUT2D eigenvalue weighted by atomic mass is 35.5. The second kappa shape index (κ2) is 12.1. The molecule has 0 fully saturated rings. The Labute approximate surface area is 218 Å². The second-order valence-corrected chi connectivity index (χ2v) is 12.2. The lowest BCUT2D eigenvalue weighted by Gasteiger charge is -2.32. The molecule has 0 radical (unpaired) electrons. The summed E-state index contributed by atoms with van der Waals surface area (Å²) in [5.41, 5.74) is 0.701. The highest BCUT2D eigenvalue weighted by Gasteiger charge is 2.29. The first-order valence-electron chi connectivity index (χ1n) is 11.3. The summed E-state index contributed by atoms with van der Waals surface area (Å²) in [5, 5.41) is 3.51. The van der Waals surface area contributed by atoms with Gasteiger partial charge in [-0.15, -0.1) is 0 Å². The number of hydrogen-bond acceptors (Lipinski definition) is 4. The molecule has 2 amide bonds. The Balaban J connectivity index is 2.20. The summed E-state index contributed by atoms with van der Waals surface area (Å²) in [6.45, 7) is 7.61. The number of hydrogen-bond donors (Lipinski definition) is 1. The van der Waals surface area contributed by atoms with Gasteiger partial charge in [0.15, 0.2) is 0 Å². The number of sulfonamides is 1. The van der Waals surface area contributed by atoms with Crippen LogP contribution in [0.4, 0.5) is 5.69 Å². The molecule has 0 aromatic heterocycles. The summed E-state index contributed by atoms with van der Waals surface area (Å²) in [7, 11) is -3.67. The summed E-state index contributed by atoms with van der Waals surface area (Å²) >= 11 is 12.3. The number of carbonyl (C=O) groups excluding carboxylic acids is 2. The number of benzene rings is 2. The number of halogens is 2. The fourth-order valence-corrected chi connectivity index (χ4v) is 4.90. The standard InChI is InChI=1S/C25H33Cl2N3O4S/c1-18(24(32)28-25(2,3)4)29(17-19-10-7-6-8-11-19)23(31)12-9-15-30(35(5,33)34)22-16-20(26)13-14-21(22)27/h6-8,10-11,13-14,16,18H,9,12,15,17H2,1-5H3,(H,28,32). The van der Waals surface area contributed by atoms with Gasteiger partial charge in [0.2, 0.25) is 21.8 Å². The first kappa shape index (κ1) is 28.9. The number of nitrogens with zero attached hydrogens (tertiary/aromatic N) is 2. The third-order valence-corrected chi connectivity index (χ3v) is 6.92. The number of rotatable bonds is 10. The highest BCUT2D eigenvalue weighted by molar-refractivity contribution is 7.92. The quantitative estimate of drug-likeness (QED) is 0.464. The van der Waals surface area contributed by atoms with E-state index in [1.165, 1.54) is 17.0 Å². The predicted octanol–water partition coefficient (Wildman–Crippen LogP) is 4.87. The summed E-state index contributed by atoms with van der Waals surface area (Å²) in [6.07, 6.45) is 1.35. The molecule has 1 unspecified atom stereocenters. The van der Waals surface area contributed by atoms with Gasteiger partial charge in [0.1, 0.15) is 6.04 Å². The van der Waals surface area contributed by atoms with Crippen molar-refractivity contribution in [3.8, 4) is 0 Å². The van der Waals surface area contributed by atoms with Crippen LogP contribution in [0, 0.1) is 0 Å². The van der Waals surface area contributed by atoms with E-state index in [4.69, 9.17) is 23.2 Å². The van der Waals surface area contributed by atoms with E-state index in [2.05, 4.69) is 5.32 Å². The monoisotopic (exact) mass is 541 g/mol. The molecule has 0 spiro atoms. The summed E-state index contributed by atoms with van der Waals surface area (Å²) in [4.78, 5) is 27.6. The first-order chi connectivity index (χ1) is 16.2. The second-order valence-electron chi connectivity index (χ2n) is 9.46. The van der Waals surface area contributed by atoms with Crippen molar-refractivity contribution in [2.45, 2.75) is 58.7 Å². The van der Waals surface area contributed by atoms with Gasteiger partial charge in [0.25, 0.3) is 0 Å². The van der Waals surface area contributed by atoms with Gasteiger partial charge in [-0.25, -0.2) is 8.42 Å². The van der Waals surface area contributed by atoms with Gasteiger partial charge in [-0.1, -0.05) is 53.5 Å². The zero-order chi connectivity index (χ0) is 26.4. The number of nitrogens with one attached hydrogen (secondary N) is 1.